The normalized spacial score (nSPS) is 10.4. The zero-order valence-electron chi connectivity index (χ0n) is 9.09. The minimum absolute atomic E-state index is 0.00463. The van der Waals surface area contributed by atoms with Crippen molar-refractivity contribution in [2.75, 3.05) is 0 Å². The van der Waals surface area contributed by atoms with E-state index in [1.165, 1.54) is 12.1 Å². The fraction of sp³-hybridized carbons (Fsp3) is 0.0769. The quantitative estimate of drug-likeness (QED) is 0.740. The van der Waals surface area contributed by atoms with Crippen molar-refractivity contribution in [1.82, 2.24) is 0 Å². The van der Waals surface area contributed by atoms with E-state index >= 15 is 0 Å². The maximum Gasteiger partial charge on any atom is 0.198 e. The van der Waals surface area contributed by atoms with E-state index in [4.69, 9.17) is 16.3 Å². The molecule has 0 saturated heterocycles. The van der Waals surface area contributed by atoms with Gasteiger partial charge in [0.1, 0.15) is 11.6 Å². The molecule has 0 aliphatic rings. The van der Waals surface area contributed by atoms with Crippen LogP contribution in [-0.2, 0) is 5.88 Å². The number of ether oxygens (including phenoxy) is 1. The Morgan fingerprint density at radius 1 is 0.944 bits per heavy atom. The summed E-state index contributed by atoms with van der Waals surface area (Å²) < 4.78 is 44.8. The summed E-state index contributed by atoms with van der Waals surface area (Å²) in [7, 11) is 0. The average molecular weight is 273 g/mol. The smallest absolute Gasteiger partial charge is 0.198 e. The van der Waals surface area contributed by atoms with Gasteiger partial charge in [0.25, 0.3) is 0 Å². The molecule has 0 bridgehead atoms. The molecule has 0 saturated carbocycles. The van der Waals surface area contributed by atoms with Gasteiger partial charge >= 0.3 is 0 Å². The molecule has 0 amide bonds. The molecule has 0 N–H and O–H groups in total. The molecule has 0 aliphatic carbocycles. The van der Waals surface area contributed by atoms with Gasteiger partial charge in [-0.25, -0.2) is 13.2 Å². The van der Waals surface area contributed by atoms with Crippen molar-refractivity contribution in [2.24, 2.45) is 0 Å². The molecule has 0 aliphatic heterocycles. The van der Waals surface area contributed by atoms with Crippen LogP contribution in [0.2, 0.25) is 0 Å². The van der Waals surface area contributed by atoms with Crippen LogP contribution in [0.3, 0.4) is 0 Å². The highest BCUT2D eigenvalue weighted by atomic mass is 35.5. The van der Waals surface area contributed by atoms with Crippen LogP contribution in [0.1, 0.15) is 5.56 Å². The van der Waals surface area contributed by atoms with Gasteiger partial charge in [-0.05, 0) is 42.0 Å². The molecule has 0 heterocycles. The van der Waals surface area contributed by atoms with Crippen molar-refractivity contribution in [1.29, 1.82) is 0 Å². The molecule has 0 aromatic heterocycles. The highest BCUT2D eigenvalue weighted by molar-refractivity contribution is 6.17. The Morgan fingerprint density at radius 3 is 2.00 bits per heavy atom. The van der Waals surface area contributed by atoms with E-state index in [2.05, 4.69) is 0 Å². The Kier molecular flexibility index (Phi) is 3.77. The molecule has 0 fully saturated rings. The van der Waals surface area contributed by atoms with Crippen molar-refractivity contribution in [2.45, 2.75) is 5.88 Å². The van der Waals surface area contributed by atoms with Crippen LogP contribution < -0.4 is 4.74 Å². The molecule has 2 rings (SSSR count). The van der Waals surface area contributed by atoms with Crippen molar-refractivity contribution in [3.8, 4) is 11.5 Å². The summed E-state index contributed by atoms with van der Waals surface area (Å²) in [5.41, 5.74) is 0.318. The third-order valence-corrected chi connectivity index (χ3v) is 2.55. The van der Waals surface area contributed by atoms with Crippen LogP contribution in [0.5, 0.6) is 11.5 Å². The van der Waals surface area contributed by atoms with Gasteiger partial charge < -0.3 is 4.74 Å². The number of benzene rings is 2. The fourth-order valence-corrected chi connectivity index (χ4v) is 1.56. The molecule has 1 nitrogen and oxygen atoms in total. The van der Waals surface area contributed by atoms with Gasteiger partial charge in [0.15, 0.2) is 17.4 Å². The zero-order valence-corrected chi connectivity index (χ0v) is 9.85. The predicted molar refractivity (Wildman–Crippen MR) is 62.4 cm³/mol. The van der Waals surface area contributed by atoms with Gasteiger partial charge in [-0.1, -0.05) is 0 Å². The molecule has 0 spiro atoms. The van der Waals surface area contributed by atoms with E-state index in [1.807, 2.05) is 0 Å². The standard InChI is InChI=1S/C13H8ClF3O/c14-7-8-5-11(16)13(12(17)6-8)18-10-3-1-9(15)2-4-10/h1-6H,7H2. The largest absolute Gasteiger partial charge is 0.451 e. The summed E-state index contributed by atoms with van der Waals surface area (Å²) in [6, 6.07) is 7.02. The lowest BCUT2D eigenvalue weighted by Crippen LogP contribution is -1.95. The molecule has 0 radical (unpaired) electrons. The third-order valence-electron chi connectivity index (χ3n) is 2.25. The SMILES string of the molecule is Fc1ccc(Oc2c(F)cc(CCl)cc2F)cc1. The lowest BCUT2D eigenvalue weighted by molar-refractivity contribution is 0.406. The topological polar surface area (TPSA) is 9.23 Å². The summed E-state index contributed by atoms with van der Waals surface area (Å²) >= 11 is 5.49. The highest BCUT2D eigenvalue weighted by Gasteiger charge is 2.13. The van der Waals surface area contributed by atoms with E-state index in [-0.39, 0.29) is 11.6 Å². The monoisotopic (exact) mass is 272 g/mol. The second kappa shape index (κ2) is 5.31. The molecule has 18 heavy (non-hydrogen) atoms. The van der Waals surface area contributed by atoms with E-state index < -0.39 is 23.2 Å². The summed E-state index contributed by atoms with van der Waals surface area (Å²) in [5, 5.41) is 0. The van der Waals surface area contributed by atoms with Gasteiger partial charge in [0.05, 0.1) is 0 Å². The molecule has 0 unspecified atom stereocenters. The zero-order chi connectivity index (χ0) is 13.1. The van der Waals surface area contributed by atoms with Crippen LogP contribution in [-0.4, -0.2) is 0 Å². The van der Waals surface area contributed by atoms with E-state index in [9.17, 15) is 13.2 Å². The summed E-state index contributed by atoms with van der Waals surface area (Å²) in [4.78, 5) is 0. The Hall–Kier alpha value is -1.68. The molecule has 94 valence electrons. The van der Waals surface area contributed by atoms with Crippen molar-refractivity contribution >= 4 is 11.6 Å². The maximum absolute atomic E-state index is 13.6. The minimum Gasteiger partial charge on any atom is -0.451 e. The van der Waals surface area contributed by atoms with Crippen LogP contribution in [0.25, 0.3) is 0 Å². The average Bonchev–Trinajstić information content (AvgIpc) is 2.35. The molecule has 0 atom stereocenters. The first-order valence-corrected chi connectivity index (χ1v) is 5.61. The van der Waals surface area contributed by atoms with Gasteiger partial charge in [-0.3, -0.25) is 0 Å². The van der Waals surface area contributed by atoms with E-state index in [0.717, 1.165) is 24.3 Å². The summed E-state index contributed by atoms with van der Waals surface area (Å²) in [6.45, 7) is 0. The maximum atomic E-state index is 13.6. The molecule has 5 heteroatoms. The number of halogens is 4. The number of hydrogen-bond donors (Lipinski definition) is 0. The first-order valence-electron chi connectivity index (χ1n) is 5.07. The van der Waals surface area contributed by atoms with Gasteiger partial charge in [0, 0.05) is 5.88 Å². The first-order chi connectivity index (χ1) is 8.60. The number of rotatable bonds is 3. The fourth-order valence-electron chi connectivity index (χ4n) is 1.41. The predicted octanol–water partition coefficient (Wildman–Crippen LogP) is 4.64. The lowest BCUT2D eigenvalue weighted by atomic mass is 10.2. The van der Waals surface area contributed by atoms with Gasteiger partial charge in [-0.2, -0.15) is 0 Å². The Morgan fingerprint density at radius 2 is 1.50 bits per heavy atom. The van der Waals surface area contributed by atoms with Crippen LogP contribution in [0.4, 0.5) is 13.2 Å². The van der Waals surface area contributed by atoms with Crippen molar-refractivity contribution in [3.63, 3.8) is 0 Å². The highest BCUT2D eigenvalue weighted by Crippen LogP contribution is 2.29. The van der Waals surface area contributed by atoms with Crippen LogP contribution >= 0.6 is 11.6 Å². The van der Waals surface area contributed by atoms with Crippen LogP contribution in [0, 0.1) is 17.5 Å². The minimum atomic E-state index is -0.852. The number of hydrogen-bond acceptors (Lipinski definition) is 1. The Labute approximate surface area is 107 Å². The molecule has 2 aromatic rings. The van der Waals surface area contributed by atoms with E-state index in [0.29, 0.717) is 5.56 Å². The Bertz CT molecular complexity index is 532. The van der Waals surface area contributed by atoms with Gasteiger partial charge in [0.2, 0.25) is 0 Å². The van der Waals surface area contributed by atoms with Gasteiger partial charge in [-0.15, -0.1) is 11.6 Å². The van der Waals surface area contributed by atoms with Crippen molar-refractivity contribution < 1.29 is 17.9 Å². The summed E-state index contributed by atoms with van der Waals surface area (Å²) in [6.07, 6.45) is 0. The Balaban J connectivity index is 2.31. The molecular weight excluding hydrogens is 265 g/mol. The second-order valence-corrected chi connectivity index (χ2v) is 3.85. The molecular formula is C13H8ClF3O. The summed E-state index contributed by atoms with van der Waals surface area (Å²) in [5.74, 6) is -2.54. The second-order valence-electron chi connectivity index (χ2n) is 3.58. The van der Waals surface area contributed by atoms with E-state index in [1.54, 1.807) is 0 Å². The third kappa shape index (κ3) is 2.76. The lowest BCUT2D eigenvalue weighted by Gasteiger charge is -2.09. The first kappa shape index (κ1) is 12.8. The molecule has 2 aromatic carbocycles. The van der Waals surface area contributed by atoms with Crippen molar-refractivity contribution in [3.05, 3.63) is 59.4 Å². The number of alkyl halides is 1. The van der Waals surface area contributed by atoms with Crippen LogP contribution in [0.15, 0.2) is 36.4 Å².